The van der Waals surface area contributed by atoms with Crippen molar-refractivity contribution in [2.45, 2.75) is 6.54 Å². The molecule has 2 rings (SSSR count). The van der Waals surface area contributed by atoms with Crippen molar-refractivity contribution in [1.29, 1.82) is 0 Å². The Kier molecular flexibility index (Phi) is 2.39. The van der Waals surface area contributed by atoms with Gasteiger partial charge in [-0.25, -0.2) is 9.78 Å². The van der Waals surface area contributed by atoms with Crippen LogP contribution >= 0.6 is 0 Å². The van der Waals surface area contributed by atoms with Crippen LogP contribution in [0.25, 0.3) is 5.65 Å². The lowest BCUT2D eigenvalue weighted by Gasteiger charge is -2.02. The quantitative estimate of drug-likeness (QED) is 0.776. The summed E-state index contributed by atoms with van der Waals surface area (Å²) in [4.78, 5) is 14.7. The number of carboxylic acids is 1. The maximum absolute atomic E-state index is 10.7. The monoisotopic (exact) mass is 205 g/mol. The molecule has 0 aliphatic carbocycles. The largest absolute Gasteiger partial charge is 0.476 e. The van der Waals surface area contributed by atoms with E-state index in [0.29, 0.717) is 12.2 Å². The van der Waals surface area contributed by atoms with Crippen molar-refractivity contribution in [1.82, 2.24) is 14.7 Å². The SMILES string of the molecule is CNCc1cccc2nc(C(=O)O)cn12. The van der Waals surface area contributed by atoms with Crippen LogP contribution < -0.4 is 5.32 Å². The van der Waals surface area contributed by atoms with Crippen LogP contribution in [0.3, 0.4) is 0 Å². The van der Waals surface area contributed by atoms with E-state index >= 15 is 0 Å². The first kappa shape index (κ1) is 9.67. The zero-order valence-corrected chi connectivity index (χ0v) is 8.27. The summed E-state index contributed by atoms with van der Waals surface area (Å²) in [6.45, 7) is 0.673. The van der Waals surface area contributed by atoms with Gasteiger partial charge in [0, 0.05) is 18.4 Å². The van der Waals surface area contributed by atoms with Gasteiger partial charge in [0.15, 0.2) is 5.69 Å². The number of carboxylic acid groups (broad SMARTS) is 1. The van der Waals surface area contributed by atoms with E-state index in [4.69, 9.17) is 5.11 Å². The zero-order valence-electron chi connectivity index (χ0n) is 8.27. The highest BCUT2D eigenvalue weighted by atomic mass is 16.4. The van der Waals surface area contributed by atoms with Crippen LogP contribution in [0.4, 0.5) is 0 Å². The number of aromatic carboxylic acids is 1. The second kappa shape index (κ2) is 3.70. The summed E-state index contributed by atoms with van der Waals surface area (Å²) in [7, 11) is 1.84. The Labute approximate surface area is 86.4 Å². The molecule has 78 valence electrons. The van der Waals surface area contributed by atoms with E-state index in [0.717, 1.165) is 5.69 Å². The fraction of sp³-hybridized carbons (Fsp3) is 0.200. The summed E-state index contributed by atoms with van der Waals surface area (Å²) < 4.78 is 1.78. The number of aromatic nitrogens is 2. The smallest absolute Gasteiger partial charge is 0.356 e. The van der Waals surface area contributed by atoms with Gasteiger partial charge in [-0.05, 0) is 19.2 Å². The highest BCUT2D eigenvalue weighted by Gasteiger charge is 2.09. The van der Waals surface area contributed by atoms with Gasteiger partial charge in [0.05, 0.1) is 0 Å². The van der Waals surface area contributed by atoms with Gasteiger partial charge in [0.2, 0.25) is 0 Å². The van der Waals surface area contributed by atoms with Crippen LogP contribution in [0.1, 0.15) is 16.2 Å². The minimum absolute atomic E-state index is 0.0681. The van der Waals surface area contributed by atoms with E-state index in [9.17, 15) is 4.79 Å². The van der Waals surface area contributed by atoms with Gasteiger partial charge in [-0.3, -0.25) is 0 Å². The van der Waals surface area contributed by atoms with E-state index in [1.165, 1.54) is 6.20 Å². The van der Waals surface area contributed by atoms with Crippen molar-refractivity contribution in [3.63, 3.8) is 0 Å². The Bertz CT molecular complexity index is 504. The molecule has 2 aromatic rings. The van der Waals surface area contributed by atoms with Crippen LogP contribution in [-0.4, -0.2) is 27.5 Å². The molecule has 0 fully saturated rings. The lowest BCUT2D eigenvalue weighted by Crippen LogP contribution is -2.08. The first-order chi connectivity index (χ1) is 7.22. The normalized spacial score (nSPS) is 10.7. The van der Waals surface area contributed by atoms with Crippen LogP contribution in [0.15, 0.2) is 24.4 Å². The molecule has 0 amide bonds. The van der Waals surface area contributed by atoms with Crippen molar-refractivity contribution < 1.29 is 9.90 Å². The minimum Gasteiger partial charge on any atom is -0.476 e. The van der Waals surface area contributed by atoms with Crippen LogP contribution in [0.5, 0.6) is 0 Å². The van der Waals surface area contributed by atoms with Crippen molar-refractivity contribution in [2.24, 2.45) is 0 Å². The van der Waals surface area contributed by atoms with Crippen LogP contribution in [0, 0.1) is 0 Å². The van der Waals surface area contributed by atoms with Crippen LogP contribution in [0.2, 0.25) is 0 Å². The van der Waals surface area contributed by atoms with Gasteiger partial charge in [-0.2, -0.15) is 0 Å². The predicted octanol–water partition coefficient (Wildman–Crippen LogP) is 0.752. The molecule has 0 radical (unpaired) electrons. The third kappa shape index (κ3) is 1.69. The van der Waals surface area contributed by atoms with Gasteiger partial charge in [-0.1, -0.05) is 6.07 Å². The average molecular weight is 205 g/mol. The summed E-state index contributed by atoms with van der Waals surface area (Å²) in [5.41, 5.74) is 1.70. The third-order valence-electron chi connectivity index (χ3n) is 2.15. The zero-order chi connectivity index (χ0) is 10.8. The van der Waals surface area contributed by atoms with Gasteiger partial charge in [0.1, 0.15) is 5.65 Å². The molecular weight excluding hydrogens is 194 g/mol. The summed E-state index contributed by atoms with van der Waals surface area (Å²) in [5.74, 6) is -1.01. The number of rotatable bonds is 3. The number of carbonyl (C=O) groups is 1. The maximum atomic E-state index is 10.7. The first-order valence-electron chi connectivity index (χ1n) is 4.57. The molecule has 0 aromatic carbocycles. The molecule has 2 aromatic heterocycles. The van der Waals surface area contributed by atoms with Crippen molar-refractivity contribution in [3.05, 3.63) is 35.8 Å². The van der Waals surface area contributed by atoms with E-state index in [1.807, 2.05) is 19.2 Å². The van der Waals surface area contributed by atoms with Crippen molar-refractivity contribution >= 4 is 11.6 Å². The Hall–Kier alpha value is -1.88. The second-order valence-corrected chi connectivity index (χ2v) is 3.21. The standard InChI is InChI=1S/C10H11N3O2/c1-11-5-7-3-2-4-9-12-8(10(14)15)6-13(7)9/h2-4,6,11H,5H2,1H3,(H,14,15). The number of nitrogens with zero attached hydrogens (tertiary/aromatic N) is 2. The van der Waals surface area contributed by atoms with Crippen molar-refractivity contribution in [3.8, 4) is 0 Å². The predicted molar refractivity (Wildman–Crippen MR) is 54.9 cm³/mol. The molecule has 5 heteroatoms. The van der Waals surface area contributed by atoms with Gasteiger partial charge < -0.3 is 14.8 Å². The van der Waals surface area contributed by atoms with Gasteiger partial charge in [-0.15, -0.1) is 0 Å². The maximum Gasteiger partial charge on any atom is 0.356 e. The molecule has 2 heterocycles. The summed E-state index contributed by atoms with van der Waals surface area (Å²) >= 11 is 0. The average Bonchev–Trinajstić information content (AvgIpc) is 2.63. The Morgan fingerprint density at radius 1 is 1.60 bits per heavy atom. The minimum atomic E-state index is -1.01. The van der Waals surface area contributed by atoms with E-state index in [2.05, 4.69) is 10.3 Å². The molecule has 0 saturated carbocycles. The molecule has 2 N–H and O–H groups in total. The van der Waals surface area contributed by atoms with E-state index < -0.39 is 5.97 Å². The lowest BCUT2D eigenvalue weighted by molar-refractivity contribution is 0.0691. The molecule has 0 unspecified atom stereocenters. The van der Waals surface area contributed by atoms with Gasteiger partial charge in [0.25, 0.3) is 0 Å². The molecule has 0 aliphatic heterocycles. The van der Waals surface area contributed by atoms with E-state index in [1.54, 1.807) is 10.5 Å². The number of hydrogen-bond acceptors (Lipinski definition) is 3. The highest BCUT2D eigenvalue weighted by Crippen LogP contribution is 2.09. The number of imidazole rings is 1. The highest BCUT2D eigenvalue weighted by molar-refractivity contribution is 5.86. The summed E-state index contributed by atoms with van der Waals surface area (Å²) in [6, 6.07) is 5.57. The molecule has 0 saturated heterocycles. The molecule has 15 heavy (non-hydrogen) atoms. The lowest BCUT2D eigenvalue weighted by atomic mass is 10.3. The second-order valence-electron chi connectivity index (χ2n) is 3.21. The van der Waals surface area contributed by atoms with E-state index in [-0.39, 0.29) is 5.69 Å². The molecule has 0 spiro atoms. The molecule has 0 bridgehead atoms. The Morgan fingerprint density at radius 2 is 2.40 bits per heavy atom. The fourth-order valence-electron chi connectivity index (χ4n) is 1.50. The third-order valence-corrected chi connectivity index (χ3v) is 2.15. The number of hydrogen-bond donors (Lipinski definition) is 2. The molecule has 0 aliphatic rings. The van der Waals surface area contributed by atoms with Crippen LogP contribution in [-0.2, 0) is 6.54 Å². The summed E-state index contributed by atoms with van der Waals surface area (Å²) in [5, 5.41) is 11.8. The molecular formula is C10H11N3O2. The number of pyridine rings is 1. The summed E-state index contributed by atoms with van der Waals surface area (Å²) in [6.07, 6.45) is 1.53. The molecule has 0 atom stereocenters. The molecule has 5 nitrogen and oxygen atoms in total. The number of nitrogens with one attached hydrogen (secondary N) is 1. The Balaban J connectivity index is 2.59. The first-order valence-corrected chi connectivity index (χ1v) is 4.57. The topological polar surface area (TPSA) is 66.6 Å². The number of fused-ring (bicyclic) bond motifs is 1. The fourth-order valence-corrected chi connectivity index (χ4v) is 1.50. The van der Waals surface area contributed by atoms with Crippen molar-refractivity contribution in [2.75, 3.05) is 7.05 Å². The Morgan fingerprint density at radius 3 is 3.07 bits per heavy atom. The van der Waals surface area contributed by atoms with Gasteiger partial charge >= 0.3 is 5.97 Å².